The summed E-state index contributed by atoms with van der Waals surface area (Å²) in [4.78, 5) is 9.82. The van der Waals surface area contributed by atoms with E-state index in [4.69, 9.17) is 5.73 Å². The topological polar surface area (TPSA) is 51.8 Å². The van der Waals surface area contributed by atoms with Crippen LogP contribution in [0.15, 0.2) is 41.8 Å². The van der Waals surface area contributed by atoms with Crippen LogP contribution in [0.2, 0.25) is 0 Å². The van der Waals surface area contributed by atoms with Crippen molar-refractivity contribution in [1.82, 2.24) is 9.97 Å². The van der Waals surface area contributed by atoms with Gasteiger partial charge in [-0.25, -0.2) is 9.97 Å². The van der Waals surface area contributed by atoms with E-state index in [0.29, 0.717) is 5.82 Å². The molecular weight excluding hydrogens is 230 g/mol. The minimum atomic E-state index is 0.571. The second kappa shape index (κ2) is 4.14. The molecule has 0 amide bonds. The molecule has 3 aromatic rings. The lowest BCUT2D eigenvalue weighted by Gasteiger charge is -2.02. The van der Waals surface area contributed by atoms with E-state index in [-0.39, 0.29) is 0 Å². The van der Waals surface area contributed by atoms with Crippen LogP contribution in [0.4, 0.5) is 5.82 Å². The molecular formula is C13H11N3S. The van der Waals surface area contributed by atoms with E-state index in [1.807, 2.05) is 29.6 Å². The number of thiophene rings is 1. The van der Waals surface area contributed by atoms with E-state index < -0.39 is 0 Å². The minimum Gasteiger partial charge on any atom is -0.383 e. The molecule has 17 heavy (non-hydrogen) atoms. The van der Waals surface area contributed by atoms with Crippen LogP contribution in [0, 0.1) is 0 Å². The fraction of sp³-hybridized carbons (Fsp3) is 0.0769. The molecule has 0 aliphatic rings. The van der Waals surface area contributed by atoms with Crippen LogP contribution in [-0.4, -0.2) is 9.97 Å². The van der Waals surface area contributed by atoms with E-state index in [9.17, 15) is 0 Å². The first-order chi connectivity index (χ1) is 8.33. The highest BCUT2D eigenvalue weighted by Gasteiger charge is 2.06. The first-order valence-corrected chi connectivity index (χ1v) is 6.24. The van der Waals surface area contributed by atoms with E-state index >= 15 is 0 Å². The summed E-state index contributed by atoms with van der Waals surface area (Å²) in [5.41, 5.74) is 7.11. The minimum absolute atomic E-state index is 0.571. The summed E-state index contributed by atoms with van der Waals surface area (Å²) < 4.78 is 0. The zero-order valence-electron chi connectivity index (χ0n) is 9.13. The fourth-order valence-corrected chi connectivity index (χ4v) is 2.57. The fourth-order valence-electron chi connectivity index (χ4n) is 1.78. The summed E-state index contributed by atoms with van der Waals surface area (Å²) in [7, 11) is 0. The normalized spacial score (nSPS) is 10.8. The summed E-state index contributed by atoms with van der Waals surface area (Å²) in [6.07, 6.45) is 0.721. The van der Waals surface area contributed by atoms with Gasteiger partial charge < -0.3 is 5.73 Å². The summed E-state index contributed by atoms with van der Waals surface area (Å²) in [5, 5.41) is 2.94. The number of anilines is 1. The van der Waals surface area contributed by atoms with E-state index in [1.54, 1.807) is 11.3 Å². The number of fused-ring (bicyclic) bond motifs is 1. The molecule has 0 aliphatic heterocycles. The van der Waals surface area contributed by atoms with Gasteiger partial charge in [-0.3, -0.25) is 0 Å². The third kappa shape index (κ3) is 1.99. The molecule has 84 valence electrons. The van der Waals surface area contributed by atoms with Crippen molar-refractivity contribution in [3.63, 3.8) is 0 Å². The van der Waals surface area contributed by atoms with Crippen molar-refractivity contribution in [1.29, 1.82) is 0 Å². The molecule has 2 heterocycles. The van der Waals surface area contributed by atoms with Crippen molar-refractivity contribution in [2.75, 3.05) is 5.73 Å². The smallest absolute Gasteiger partial charge is 0.136 e. The van der Waals surface area contributed by atoms with Crippen molar-refractivity contribution in [2.24, 2.45) is 0 Å². The molecule has 0 bridgehead atoms. The largest absolute Gasteiger partial charge is 0.383 e. The maximum Gasteiger partial charge on any atom is 0.136 e. The van der Waals surface area contributed by atoms with Crippen molar-refractivity contribution in [2.45, 2.75) is 6.42 Å². The Bertz CT molecular complexity index is 646. The van der Waals surface area contributed by atoms with Gasteiger partial charge in [0.05, 0.1) is 5.39 Å². The SMILES string of the molecule is Nc1nc(Cc2ccccc2)nc2sccc12. The number of benzene rings is 1. The van der Waals surface area contributed by atoms with Gasteiger partial charge in [0, 0.05) is 6.42 Å². The Kier molecular flexibility index (Phi) is 2.49. The number of hydrogen-bond acceptors (Lipinski definition) is 4. The zero-order chi connectivity index (χ0) is 11.7. The third-order valence-electron chi connectivity index (χ3n) is 2.61. The number of nitrogen functional groups attached to an aromatic ring is 1. The van der Waals surface area contributed by atoms with Crippen molar-refractivity contribution in [3.05, 3.63) is 53.2 Å². The maximum atomic E-state index is 5.91. The van der Waals surface area contributed by atoms with Crippen LogP contribution in [0.5, 0.6) is 0 Å². The van der Waals surface area contributed by atoms with E-state index in [0.717, 1.165) is 22.5 Å². The van der Waals surface area contributed by atoms with Crippen LogP contribution >= 0.6 is 11.3 Å². The molecule has 0 atom stereocenters. The Morgan fingerprint density at radius 1 is 1.06 bits per heavy atom. The van der Waals surface area contributed by atoms with Crippen molar-refractivity contribution < 1.29 is 0 Å². The number of hydrogen-bond donors (Lipinski definition) is 1. The van der Waals surface area contributed by atoms with Gasteiger partial charge in [0.1, 0.15) is 16.5 Å². The van der Waals surface area contributed by atoms with Crippen molar-refractivity contribution >= 4 is 27.4 Å². The Hall–Kier alpha value is -1.94. The van der Waals surface area contributed by atoms with Crippen LogP contribution in [0.25, 0.3) is 10.2 Å². The van der Waals surface area contributed by atoms with Gasteiger partial charge in [-0.05, 0) is 17.0 Å². The quantitative estimate of drug-likeness (QED) is 0.750. The van der Waals surface area contributed by atoms with Gasteiger partial charge in [-0.2, -0.15) is 0 Å². The first-order valence-electron chi connectivity index (χ1n) is 5.36. The molecule has 0 unspecified atom stereocenters. The summed E-state index contributed by atoms with van der Waals surface area (Å²) in [6.45, 7) is 0. The molecule has 2 N–H and O–H groups in total. The molecule has 0 saturated carbocycles. The van der Waals surface area contributed by atoms with Gasteiger partial charge in [0.25, 0.3) is 0 Å². The van der Waals surface area contributed by atoms with Crippen LogP contribution in [-0.2, 0) is 6.42 Å². The van der Waals surface area contributed by atoms with Gasteiger partial charge in [-0.1, -0.05) is 30.3 Å². The molecule has 0 radical (unpaired) electrons. The molecule has 2 aromatic heterocycles. The Balaban J connectivity index is 2.01. The zero-order valence-corrected chi connectivity index (χ0v) is 9.95. The maximum absolute atomic E-state index is 5.91. The molecule has 3 rings (SSSR count). The Labute approximate surface area is 103 Å². The van der Waals surface area contributed by atoms with Gasteiger partial charge in [-0.15, -0.1) is 11.3 Å². The van der Waals surface area contributed by atoms with Crippen LogP contribution in [0.3, 0.4) is 0 Å². The average molecular weight is 241 g/mol. The summed E-state index contributed by atoms with van der Waals surface area (Å²) in [6, 6.07) is 12.1. The van der Waals surface area contributed by atoms with Crippen LogP contribution in [0.1, 0.15) is 11.4 Å². The molecule has 0 fully saturated rings. The lowest BCUT2D eigenvalue weighted by molar-refractivity contribution is 1.00. The standard InChI is InChI=1S/C13H11N3S/c14-12-10-6-7-17-13(10)16-11(15-12)8-9-4-2-1-3-5-9/h1-7H,8H2,(H2,14,15,16). The number of nitrogens with zero attached hydrogens (tertiary/aromatic N) is 2. The Morgan fingerprint density at radius 2 is 1.88 bits per heavy atom. The highest BCUT2D eigenvalue weighted by molar-refractivity contribution is 7.16. The second-order valence-corrected chi connectivity index (χ2v) is 4.72. The first kappa shape index (κ1) is 10.2. The number of aromatic nitrogens is 2. The predicted molar refractivity (Wildman–Crippen MR) is 71.1 cm³/mol. The third-order valence-corrected chi connectivity index (χ3v) is 3.41. The lowest BCUT2D eigenvalue weighted by atomic mass is 10.1. The summed E-state index contributed by atoms with van der Waals surface area (Å²) in [5.74, 6) is 1.35. The number of nitrogens with two attached hydrogens (primary N) is 1. The van der Waals surface area contributed by atoms with Crippen molar-refractivity contribution in [3.8, 4) is 0 Å². The monoisotopic (exact) mass is 241 g/mol. The molecule has 0 aliphatic carbocycles. The van der Waals surface area contributed by atoms with E-state index in [1.165, 1.54) is 5.56 Å². The second-order valence-electron chi connectivity index (χ2n) is 3.83. The molecule has 1 aromatic carbocycles. The molecule has 3 nitrogen and oxygen atoms in total. The molecule has 0 spiro atoms. The molecule has 0 saturated heterocycles. The predicted octanol–water partition coefficient (Wildman–Crippen LogP) is 2.86. The van der Waals surface area contributed by atoms with Crippen LogP contribution < -0.4 is 5.73 Å². The number of rotatable bonds is 2. The lowest BCUT2D eigenvalue weighted by Crippen LogP contribution is -2.00. The summed E-state index contributed by atoms with van der Waals surface area (Å²) >= 11 is 1.60. The van der Waals surface area contributed by atoms with E-state index in [2.05, 4.69) is 22.1 Å². The van der Waals surface area contributed by atoms with Gasteiger partial charge in [0.15, 0.2) is 0 Å². The highest BCUT2D eigenvalue weighted by atomic mass is 32.1. The van der Waals surface area contributed by atoms with Gasteiger partial charge >= 0.3 is 0 Å². The average Bonchev–Trinajstić information content (AvgIpc) is 2.79. The van der Waals surface area contributed by atoms with Gasteiger partial charge in [0.2, 0.25) is 0 Å². The molecule has 4 heteroatoms. The highest BCUT2D eigenvalue weighted by Crippen LogP contribution is 2.23. The Morgan fingerprint density at radius 3 is 2.71 bits per heavy atom.